The summed E-state index contributed by atoms with van der Waals surface area (Å²) < 4.78 is 0. The van der Waals surface area contributed by atoms with Gasteiger partial charge in [-0.25, -0.2) is 0 Å². The third kappa shape index (κ3) is 1.93. The van der Waals surface area contributed by atoms with Crippen molar-refractivity contribution >= 4 is 0 Å². The van der Waals surface area contributed by atoms with Gasteiger partial charge in [-0.15, -0.1) is 0 Å². The molecule has 0 heterocycles. The lowest BCUT2D eigenvalue weighted by Crippen LogP contribution is -2.33. The molecule has 0 radical (unpaired) electrons. The lowest BCUT2D eigenvalue weighted by molar-refractivity contribution is 0.0766. The maximum Gasteiger partial charge on any atom is 0.101 e. The standard InChI is InChI=1S/C10H16O/c1-4-10(11)7-5-6-9(2,3)8-10/h4-5,7,11H,1,6,8H2,2-3H3. The lowest BCUT2D eigenvalue weighted by Gasteiger charge is -2.35. The Balaban J connectivity index is 2.82. The van der Waals surface area contributed by atoms with Gasteiger partial charge in [0.1, 0.15) is 5.60 Å². The van der Waals surface area contributed by atoms with Crippen molar-refractivity contribution in [3.63, 3.8) is 0 Å². The topological polar surface area (TPSA) is 20.2 Å². The van der Waals surface area contributed by atoms with E-state index in [1.54, 1.807) is 6.08 Å². The largest absolute Gasteiger partial charge is 0.382 e. The molecule has 1 heteroatoms. The fourth-order valence-electron chi connectivity index (χ4n) is 1.62. The van der Waals surface area contributed by atoms with Crippen LogP contribution in [-0.2, 0) is 0 Å². The quantitative estimate of drug-likeness (QED) is 0.571. The van der Waals surface area contributed by atoms with E-state index in [4.69, 9.17) is 0 Å². The van der Waals surface area contributed by atoms with Crippen LogP contribution in [0, 0.1) is 5.41 Å². The van der Waals surface area contributed by atoms with Crippen molar-refractivity contribution in [1.82, 2.24) is 0 Å². The molecule has 0 aromatic carbocycles. The van der Waals surface area contributed by atoms with E-state index in [1.165, 1.54) is 0 Å². The molecule has 1 rings (SSSR count). The molecule has 1 aliphatic rings. The van der Waals surface area contributed by atoms with Crippen molar-refractivity contribution in [2.24, 2.45) is 5.41 Å². The second-order valence-electron chi connectivity index (χ2n) is 4.14. The van der Waals surface area contributed by atoms with Gasteiger partial charge in [0.15, 0.2) is 0 Å². The molecule has 1 unspecified atom stereocenters. The zero-order valence-corrected chi connectivity index (χ0v) is 7.30. The van der Waals surface area contributed by atoms with E-state index in [0.717, 1.165) is 12.8 Å². The highest BCUT2D eigenvalue weighted by Crippen LogP contribution is 2.37. The molecule has 0 bridgehead atoms. The van der Waals surface area contributed by atoms with Gasteiger partial charge in [-0.2, -0.15) is 0 Å². The molecule has 0 aromatic heterocycles. The van der Waals surface area contributed by atoms with Gasteiger partial charge in [-0.05, 0) is 18.3 Å². The van der Waals surface area contributed by atoms with Crippen LogP contribution in [0.3, 0.4) is 0 Å². The third-order valence-electron chi connectivity index (χ3n) is 2.19. The van der Waals surface area contributed by atoms with Gasteiger partial charge >= 0.3 is 0 Å². The smallest absolute Gasteiger partial charge is 0.101 e. The Hall–Kier alpha value is -0.560. The fourth-order valence-corrected chi connectivity index (χ4v) is 1.62. The van der Waals surface area contributed by atoms with Gasteiger partial charge in [0.25, 0.3) is 0 Å². The van der Waals surface area contributed by atoms with Gasteiger partial charge in [0, 0.05) is 0 Å². The summed E-state index contributed by atoms with van der Waals surface area (Å²) in [5, 5.41) is 9.81. The molecule has 0 fully saturated rings. The predicted octanol–water partition coefficient (Wildman–Crippen LogP) is 2.28. The Morgan fingerprint density at radius 2 is 2.18 bits per heavy atom. The fraction of sp³-hybridized carbons (Fsp3) is 0.600. The second-order valence-corrected chi connectivity index (χ2v) is 4.14. The van der Waals surface area contributed by atoms with Gasteiger partial charge in [-0.3, -0.25) is 0 Å². The lowest BCUT2D eigenvalue weighted by atomic mass is 9.74. The summed E-state index contributed by atoms with van der Waals surface area (Å²) in [4.78, 5) is 0. The van der Waals surface area contributed by atoms with Crippen LogP contribution in [0.2, 0.25) is 0 Å². The minimum atomic E-state index is -0.762. The monoisotopic (exact) mass is 152 g/mol. The van der Waals surface area contributed by atoms with E-state index in [2.05, 4.69) is 20.4 Å². The molecule has 1 atom stereocenters. The predicted molar refractivity (Wildman–Crippen MR) is 47.3 cm³/mol. The van der Waals surface area contributed by atoms with Gasteiger partial charge in [0.05, 0.1) is 0 Å². The molecule has 0 aliphatic heterocycles. The molecular formula is C10H16O. The van der Waals surface area contributed by atoms with Crippen LogP contribution < -0.4 is 0 Å². The summed E-state index contributed by atoms with van der Waals surface area (Å²) >= 11 is 0. The SMILES string of the molecule is C=CC1(O)C=CCC(C)(C)C1. The molecule has 0 spiro atoms. The molecule has 0 saturated carbocycles. The first kappa shape index (κ1) is 8.54. The second kappa shape index (κ2) is 2.49. The van der Waals surface area contributed by atoms with Gasteiger partial charge in [0.2, 0.25) is 0 Å². The first-order chi connectivity index (χ1) is 4.97. The van der Waals surface area contributed by atoms with E-state index >= 15 is 0 Å². The van der Waals surface area contributed by atoms with Gasteiger partial charge < -0.3 is 5.11 Å². The third-order valence-corrected chi connectivity index (χ3v) is 2.19. The highest BCUT2D eigenvalue weighted by Gasteiger charge is 2.32. The average Bonchev–Trinajstić information content (AvgIpc) is 1.85. The Morgan fingerprint density at radius 3 is 2.55 bits per heavy atom. The van der Waals surface area contributed by atoms with Crippen LogP contribution in [0.4, 0.5) is 0 Å². The number of hydrogen-bond donors (Lipinski definition) is 1. The first-order valence-corrected chi connectivity index (χ1v) is 4.01. The molecule has 1 aliphatic carbocycles. The van der Waals surface area contributed by atoms with Crippen LogP contribution in [0.1, 0.15) is 26.7 Å². The number of aliphatic hydroxyl groups is 1. The highest BCUT2D eigenvalue weighted by atomic mass is 16.3. The van der Waals surface area contributed by atoms with Crippen LogP contribution in [0.5, 0.6) is 0 Å². The minimum absolute atomic E-state index is 0.206. The van der Waals surface area contributed by atoms with Crippen molar-refractivity contribution in [2.75, 3.05) is 0 Å². The Morgan fingerprint density at radius 1 is 1.55 bits per heavy atom. The van der Waals surface area contributed by atoms with E-state index in [9.17, 15) is 5.11 Å². The zero-order chi connectivity index (χ0) is 8.54. The maximum absolute atomic E-state index is 9.81. The first-order valence-electron chi connectivity index (χ1n) is 4.01. The Labute approximate surface area is 68.4 Å². The molecular weight excluding hydrogens is 136 g/mol. The van der Waals surface area contributed by atoms with E-state index in [1.807, 2.05) is 12.2 Å². The van der Waals surface area contributed by atoms with Gasteiger partial charge in [-0.1, -0.05) is 38.7 Å². The Kier molecular flexibility index (Phi) is 1.93. The van der Waals surface area contributed by atoms with Crippen molar-refractivity contribution in [3.05, 3.63) is 24.8 Å². The number of allylic oxidation sites excluding steroid dienone is 1. The highest BCUT2D eigenvalue weighted by molar-refractivity contribution is 5.16. The molecule has 0 amide bonds. The summed E-state index contributed by atoms with van der Waals surface area (Å²) in [5.41, 5.74) is -0.556. The summed E-state index contributed by atoms with van der Waals surface area (Å²) in [6.45, 7) is 7.94. The molecule has 1 nitrogen and oxygen atoms in total. The normalized spacial score (nSPS) is 35.2. The summed E-state index contributed by atoms with van der Waals surface area (Å²) in [6, 6.07) is 0. The van der Waals surface area contributed by atoms with Crippen LogP contribution >= 0.6 is 0 Å². The van der Waals surface area contributed by atoms with E-state index < -0.39 is 5.60 Å². The number of hydrogen-bond acceptors (Lipinski definition) is 1. The minimum Gasteiger partial charge on any atom is -0.382 e. The molecule has 1 N–H and O–H groups in total. The van der Waals surface area contributed by atoms with Crippen LogP contribution in [0.15, 0.2) is 24.8 Å². The van der Waals surface area contributed by atoms with E-state index in [0.29, 0.717) is 0 Å². The maximum atomic E-state index is 9.81. The molecule has 62 valence electrons. The van der Waals surface area contributed by atoms with Crippen molar-refractivity contribution in [2.45, 2.75) is 32.3 Å². The Bertz CT molecular complexity index is 191. The molecule has 0 saturated heterocycles. The molecule has 0 aromatic rings. The summed E-state index contributed by atoms with van der Waals surface area (Å²) in [7, 11) is 0. The summed E-state index contributed by atoms with van der Waals surface area (Å²) in [6.07, 6.45) is 7.31. The van der Waals surface area contributed by atoms with Crippen molar-refractivity contribution in [1.29, 1.82) is 0 Å². The zero-order valence-electron chi connectivity index (χ0n) is 7.30. The van der Waals surface area contributed by atoms with E-state index in [-0.39, 0.29) is 5.41 Å². The van der Waals surface area contributed by atoms with Crippen molar-refractivity contribution < 1.29 is 5.11 Å². The average molecular weight is 152 g/mol. The van der Waals surface area contributed by atoms with Crippen LogP contribution in [-0.4, -0.2) is 10.7 Å². The number of rotatable bonds is 1. The summed E-state index contributed by atoms with van der Waals surface area (Å²) in [5.74, 6) is 0. The van der Waals surface area contributed by atoms with Crippen molar-refractivity contribution in [3.8, 4) is 0 Å². The molecule has 11 heavy (non-hydrogen) atoms. The van der Waals surface area contributed by atoms with Crippen LogP contribution in [0.25, 0.3) is 0 Å².